The van der Waals surface area contributed by atoms with Gasteiger partial charge in [-0.3, -0.25) is 10.1 Å². The highest BCUT2D eigenvalue weighted by molar-refractivity contribution is 5.99. The van der Waals surface area contributed by atoms with E-state index in [1.54, 1.807) is 39.1 Å². The highest BCUT2D eigenvalue weighted by Crippen LogP contribution is 2.37. The first-order valence-corrected chi connectivity index (χ1v) is 11.0. The summed E-state index contributed by atoms with van der Waals surface area (Å²) in [5, 5.41) is 10.3. The summed E-state index contributed by atoms with van der Waals surface area (Å²) in [6.07, 6.45) is 3.78. The Hall–Kier alpha value is -4.55. The number of aromatic nitrogens is 2. The third kappa shape index (κ3) is 6.57. The molecule has 0 fully saturated rings. The average Bonchev–Trinajstić information content (AvgIpc) is 2.80. The molecule has 0 unspecified atom stereocenters. The van der Waals surface area contributed by atoms with Crippen molar-refractivity contribution in [3.05, 3.63) is 65.9 Å². The van der Waals surface area contributed by atoms with Crippen LogP contribution in [0.3, 0.4) is 0 Å². The highest BCUT2D eigenvalue weighted by Gasteiger charge is 2.46. The molecular formula is C24H23F3N6O4. The second kappa shape index (κ2) is 9.84. The number of nitrogens with zero attached hydrogens (tertiary/aromatic N) is 2. The molecule has 1 aliphatic carbocycles. The van der Waals surface area contributed by atoms with Crippen LogP contribution in [0.4, 0.5) is 41.1 Å². The van der Waals surface area contributed by atoms with Gasteiger partial charge in [0.1, 0.15) is 5.60 Å². The number of hydrogen-bond donors (Lipinski definition) is 4. The first-order valence-electron chi connectivity index (χ1n) is 11.0. The van der Waals surface area contributed by atoms with Crippen LogP contribution in [0, 0.1) is 5.82 Å². The minimum atomic E-state index is -3.98. The van der Waals surface area contributed by atoms with Crippen molar-refractivity contribution >= 4 is 35.1 Å². The minimum absolute atomic E-state index is 0.00347. The van der Waals surface area contributed by atoms with E-state index in [1.807, 2.05) is 11.4 Å². The normalized spacial score (nSPS) is 17.2. The van der Waals surface area contributed by atoms with Crippen LogP contribution in [0.15, 0.2) is 60.1 Å². The van der Waals surface area contributed by atoms with E-state index in [0.717, 1.165) is 11.8 Å². The van der Waals surface area contributed by atoms with Gasteiger partial charge in [0, 0.05) is 17.6 Å². The number of carbonyl (C=O) groups excluding carboxylic acids is 2. The Kier molecular flexibility index (Phi) is 6.79. The van der Waals surface area contributed by atoms with E-state index in [1.165, 1.54) is 18.2 Å². The van der Waals surface area contributed by atoms with Crippen LogP contribution < -0.4 is 26.0 Å². The van der Waals surface area contributed by atoms with E-state index >= 15 is 0 Å². The van der Waals surface area contributed by atoms with Crippen molar-refractivity contribution in [2.45, 2.75) is 38.9 Å². The number of amides is 2. The van der Waals surface area contributed by atoms with E-state index in [4.69, 9.17) is 4.74 Å². The first-order chi connectivity index (χ1) is 17.4. The maximum absolute atomic E-state index is 14.4. The smallest absolute Gasteiger partial charge is 0.444 e. The highest BCUT2D eigenvalue weighted by atomic mass is 19.3. The molecule has 10 nitrogen and oxygen atoms in total. The Morgan fingerprint density at radius 2 is 2.03 bits per heavy atom. The van der Waals surface area contributed by atoms with Gasteiger partial charge in [0.15, 0.2) is 17.4 Å². The van der Waals surface area contributed by atoms with Crippen molar-refractivity contribution in [3.8, 4) is 5.75 Å². The maximum atomic E-state index is 14.4. The van der Waals surface area contributed by atoms with Crippen molar-refractivity contribution in [1.82, 2.24) is 15.3 Å². The SMILES string of the molecule is CC(C)(C)OC(=O)NC=C1C=CC(Nc2ncc(F)c(Nc3ccc4c(c3)NC(=O)C(F)(F)O4)n2)=CC1. The Morgan fingerprint density at radius 1 is 1.24 bits per heavy atom. The number of carbonyl (C=O) groups is 2. The number of rotatable bonds is 5. The van der Waals surface area contributed by atoms with Crippen molar-refractivity contribution < 1.29 is 32.2 Å². The van der Waals surface area contributed by atoms with E-state index in [-0.39, 0.29) is 28.9 Å². The fraction of sp³-hybridized carbons (Fsp3) is 0.250. The van der Waals surface area contributed by atoms with Gasteiger partial charge in [-0.15, -0.1) is 0 Å². The molecule has 4 N–H and O–H groups in total. The molecule has 0 atom stereocenters. The summed E-state index contributed by atoms with van der Waals surface area (Å²) in [6, 6.07) is 3.89. The van der Waals surface area contributed by atoms with Crippen LogP contribution in [-0.4, -0.2) is 33.7 Å². The lowest BCUT2D eigenvalue weighted by atomic mass is 10.1. The lowest BCUT2D eigenvalue weighted by Crippen LogP contribution is -2.43. The topological polar surface area (TPSA) is 126 Å². The standard InChI is InChI=1S/C24H23F3N6O4/c1-23(2,3)37-22(35)29-11-13-4-6-14(7-5-13)31-21-28-12-16(25)19(33-21)30-15-8-9-18-17(10-15)32-20(34)24(26,27)36-18/h4,6-12H,5H2,1-3H3,(H,29,35)(H,32,34)(H2,28,30,31,33). The lowest BCUT2D eigenvalue weighted by Gasteiger charge is -2.25. The van der Waals surface area contributed by atoms with E-state index < -0.39 is 29.5 Å². The quantitative estimate of drug-likeness (QED) is 0.440. The summed E-state index contributed by atoms with van der Waals surface area (Å²) in [5.74, 6) is -2.70. The first kappa shape index (κ1) is 25.5. The lowest BCUT2D eigenvalue weighted by molar-refractivity contribution is -0.189. The monoisotopic (exact) mass is 516 g/mol. The molecule has 2 heterocycles. The van der Waals surface area contributed by atoms with Gasteiger partial charge in [0.2, 0.25) is 5.95 Å². The molecule has 0 radical (unpaired) electrons. The molecule has 0 spiro atoms. The molecular weight excluding hydrogens is 493 g/mol. The zero-order valence-electron chi connectivity index (χ0n) is 20.0. The van der Waals surface area contributed by atoms with Gasteiger partial charge in [-0.1, -0.05) is 12.2 Å². The van der Waals surface area contributed by atoms with Crippen LogP contribution in [0.1, 0.15) is 27.2 Å². The fourth-order valence-electron chi connectivity index (χ4n) is 3.17. The van der Waals surface area contributed by atoms with Crippen LogP contribution >= 0.6 is 0 Å². The zero-order valence-corrected chi connectivity index (χ0v) is 20.0. The van der Waals surface area contributed by atoms with Crippen LogP contribution in [0.2, 0.25) is 0 Å². The molecule has 4 rings (SSSR count). The third-order valence-corrected chi connectivity index (χ3v) is 4.80. The molecule has 2 aromatic rings. The largest absolute Gasteiger partial charge is 0.482 e. The number of anilines is 4. The summed E-state index contributed by atoms with van der Waals surface area (Å²) in [5.41, 5.74) is 1.12. The second-order valence-corrected chi connectivity index (χ2v) is 8.99. The number of allylic oxidation sites excluding steroid dienone is 4. The predicted octanol–water partition coefficient (Wildman–Crippen LogP) is 4.95. The van der Waals surface area contributed by atoms with E-state index in [0.29, 0.717) is 12.1 Å². The molecule has 1 aromatic heterocycles. The van der Waals surface area contributed by atoms with E-state index in [9.17, 15) is 22.8 Å². The van der Waals surface area contributed by atoms with Gasteiger partial charge < -0.3 is 25.4 Å². The van der Waals surface area contributed by atoms with Crippen molar-refractivity contribution in [3.63, 3.8) is 0 Å². The van der Waals surface area contributed by atoms with Crippen molar-refractivity contribution in [1.29, 1.82) is 0 Å². The van der Waals surface area contributed by atoms with Crippen molar-refractivity contribution in [2.24, 2.45) is 0 Å². The van der Waals surface area contributed by atoms with Gasteiger partial charge in [-0.2, -0.15) is 13.8 Å². The maximum Gasteiger partial charge on any atom is 0.482 e. The Labute approximate surface area is 209 Å². The number of hydrogen-bond acceptors (Lipinski definition) is 8. The van der Waals surface area contributed by atoms with E-state index in [2.05, 4.69) is 30.7 Å². The number of benzene rings is 1. The minimum Gasteiger partial charge on any atom is -0.444 e. The number of halogens is 3. The number of fused-ring (bicyclic) bond motifs is 1. The van der Waals surface area contributed by atoms with Gasteiger partial charge >= 0.3 is 18.1 Å². The molecule has 13 heteroatoms. The molecule has 2 aliphatic rings. The predicted molar refractivity (Wildman–Crippen MR) is 129 cm³/mol. The summed E-state index contributed by atoms with van der Waals surface area (Å²) in [4.78, 5) is 31.2. The number of nitrogens with one attached hydrogen (secondary N) is 4. The molecule has 37 heavy (non-hydrogen) atoms. The van der Waals surface area contributed by atoms with Gasteiger partial charge in [-0.25, -0.2) is 14.2 Å². The van der Waals surface area contributed by atoms with Crippen molar-refractivity contribution in [2.75, 3.05) is 16.0 Å². The Morgan fingerprint density at radius 3 is 2.73 bits per heavy atom. The molecule has 194 valence electrons. The summed E-state index contributed by atoms with van der Waals surface area (Å²) >= 11 is 0. The van der Waals surface area contributed by atoms with Crippen LogP contribution in [-0.2, 0) is 9.53 Å². The number of alkyl carbamates (subject to hydrolysis) is 1. The Balaban J connectivity index is 1.39. The molecule has 2 amide bonds. The summed E-state index contributed by atoms with van der Waals surface area (Å²) in [7, 11) is 0. The summed E-state index contributed by atoms with van der Waals surface area (Å²) in [6.45, 7) is 5.30. The van der Waals surface area contributed by atoms with Crippen LogP contribution in [0.5, 0.6) is 5.75 Å². The van der Waals surface area contributed by atoms with Crippen LogP contribution in [0.25, 0.3) is 0 Å². The fourth-order valence-corrected chi connectivity index (χ4v) is 3.17. The second-order valence-electron chi connectivity index (χ2n) is 8.99. The Bertz CT molecular complexity index is 1330. The number of ether oxygens (including phenoxy) is 2. The van der Waals surface area contributed by atoms with Gasteiger partial charge in [-0.05, 0) is 57.0 Å². The molecule has 0 saturated carbocycles. The number of alkyl halides is 2. The molecule has 0 saturated heterocycles. The summed E-state index contributed by atoms with van der Waals surface area (Å²) < 4.78 is 50.7. The molecule has 0 bridgehead atoms. The third-order valence-electron chi connectivity index (χ3n) is 4.80. The molecule has 1 aliphatic heterocycles. The van der Waals surface area contributed by atoms with Gasteiger partial charge in [0.25, 0.3) is 0 Å². The molecule has 1 aromatic carbocycles. The zero-order chi connectivity index (χ0) is 26.8. The average molecular weight is 516 g/mol. The van der Waals surface area contributed by atoms with Gasteiger partial charge in [0.05, 0.1) is 11.9 Å².